The molecule has 1 fully saturated rings. The average molecular weight is 380 g/mol. The Hall–Kier alpha value is -1.53. The topological polar surface area (TPSA) is 59.2 Å². The van der Waals surface area contributed by atoms with Crippen LogP contribution in [0.5, 0.6) is 0 Å². The highest BCUT2D eigenvalue weighted by molar-refractivity contribution is 7.99. The SMILES string of the molecule is CC1CCCCC1N(C)C(=O)CSc1nnc(-c2ccccc2Cl)o1. The molecule has 2 aromatic rings. The fraction of sp³-hybridized carbons (Fsp3) is 0.500. The molecule has 1 aliphatic carbocycles. The number of aromatic nitrogens is 2. The number of nitrogens with zero attached hydrogens (tertiary/aromatic N) is 3. The van der Waals surface area contributed by atoms with E-state index in [1.807, 2.05) is 30.1 Å². The van der Waals surface area contributed by atoms with Crippen LogP contribution in [0.1, 0.15) is 32.6 Å². The average Bonchev–Trinajstić information content (AvgIpc) is 3.08. The third-order valence-corrected chi connectivity index (χ3v) is 5.92. The molecule has 7 heteroatoms. The number of hydrogen-bond donors (Lipinski definition) is 0. The zero-order valence-electron chi connectivity index (χ0n) is 14.4. The molecule has 0 N–H and O–H groups in total. The molecule has 0 bridgehead atoms. The van der Waals surface area contributed by atoms with E-state index in [0.29, 0.717) is 39.4 Å². The molecule has 5 nitrogen and oxygen atoms in total. The second kappa shape index (κ2) is 8.23. The number of amides is 1. The molecule has 1 amide bonds. The highest BCUT2D eigenvalue weighted by Gasteiger charge is 2.28. The van der Waals surface area contributed by atoms with Gasteiger partial charge in [0.2, 0.25) is 11.8 Å². The summed E-state index contributed by atoms with van der Waals surface area (Å²) in [5, 5.41) is 8.98. The molecule has 1 aromatic carbocycles. The van der Waals surface area contributed by atoms with Crippen molar-refractivity contribution in [3.05, 3.63) is 29.3 Å². The van der Waals surface area contributed by atoms with E-state index < -0.39 is 0 Å². The van der Waals surface area contributed by atoms with Gasteiger partial charge in [0.15, 0.2) is 0 Å². The molecule has 0 aliphatic heterocycles. The number of halogens is 1. The molecule has 2 atom stereocenters. The minimum atomic E-state index is 0.0984. The smallest absolute Gasteiger partial charge is 0.277 e. The second-order valence-corrected chi connectivity index (χ2v) is 7.81. The molecule has 0 saturated heterocycles. The Balaban J connectivity index is 1.58. The number of rotatable bonds is 5. The van der Waals surface area contributed by atoms with Gasteiger partial charge in [-0.25, -0.2) is 0 Å². The molecule has 1 saturated carbocycles. The molecule has 1 aromatic heterocycles. The number of thioether (sulfide) groups is 1. The van der Waals surface area contributed by atoms with E-state index in [2.05, 4.69) is 17.1 Å². The van der Waals surface area contributed by atoms with Crippen molar-refractivity contribution in [1.29, 1.82) is 0 Å². The molecule has 2 unspecified atom stereocenters. The van der Waals surface area contributed by atoms with E-state index in [-0.39, 0.29) is 5.91 Å². The summed E-state index contributed by atoms with van der Waals surface area (Å²) in [4.78, 5) is 14.4. The van der Waals surface area contributed by atoms with Crippen LogP contribution in [0.3, 0.4) is 0 Å². The van der Waals surface area contributed by atoms with Gasteiger partial charge in [-0.1, -0.05) is 55.3 Å². The lowest BCUT2D eigenvalue weighted by Gasteiger charge is -2.36. The normalized spacial score (nSPS) is 20.4. The minimum Gasteiger partial charge on any atom is -0.411 e. The van der Waals surface area contributed by atoms with E-state index in [1.165, 1.54) is 31.0 Å². The Morgan fingerprint density at radius 2 is 2.08 bits per heavy atom. The summed E-state index contributed by atoms with van der Waals surface area (Å²) < 4.78 is 5.63. The summed E-state index contributed by atoms with van der Waals surface area (Å²) in [6, 6.07) is 7.65. The van der Waals surface area contributed by atoms with Gasteiger partial charge >= 0.3 is 0 Å². The van der Waals surface area contributed by atoms with Gasteiger partial charge in [-0.3, -0.25) is 4.79 Å². The van der Waals surface area contributed by atoms with Crippen molar-refractivity contribution in [1.82, 2.24) is 15.1 Å². The highest BCUT2D eigenvalue weighted by atomic mass is 35.5. The van der Waals surface area contributed by atoms with Gasteiger partial charge in [-0.2, -0.15) is 0 Å². The predicted molar refractivity (Wildman–Crippen MR) is 99.7 cm³/mol. The standard InChI is InChI=1S/C18H22ClN3O2S/c1-12-7-3-6-10-15(12)22(2)16(23)11-25-18-21-20-17(24-18)13-8-4-5-9-14(13)19/h4-5,8-9,12,15H,3,6-7,10-11H2,1-2H3. The van der Waals surface area contributed by atoms with Crippen molar-refractivity contribution < 1.29 is 9.21 Å². The number of benzene rings is 1. The largest absolute Gasteiger partial charge is 0.411 e. The summed E-state index contributed by atoms with van der Waals surface area (Å²) in [6.45, 7) is 2.23. The summed E-state index contributed by atoms with van der Waals surface area (Å²) in [6.07, 6.45) is 4.75. The van der Waals surface area contributed by atoms with Crippen LogP contribution in [0.4, 0.5) is 0 Å². The van der Waals surface area contributed by atoms with Crippen LogP contribution in [0, 0.1) is 5.92 Å². The fourth-order valence-corrected chi connectivity index (χ4v) is 4.20. The van der Waals surface area contributed by atoms with Crippen LogP contribution in [-0.4, -0.2) is 39.8 Å². The maximum Gasteiger partial charge on any atom is 0.277 e. The maximum atomic E-state index is 12.5. The van der Waals surface area contributed by atoms with Crippen molar-refractivity contribution in [3.63, 3.8) is 0 Å². The first-order valence-corrected chi connectivity index (χ1v) is 9.89. The van der Waals surface area contributed by atoms with E-state index in [4.69, 9.17) is 16.0 Å². The molecule has 25 heavy (non-hydrogen) atoms. The van der Waals surface area contributed by atoms with Gasteiger partial charge in [-0.15, -0.1) is 10.2 Å². The van der Waals surface area contributed by atoms with Crippen molar-refractivity contribution in [3.8, 4) is 11.5 Å². The third kappa shape index (κ3) is 4.36. The number of carbonyl (C=O) groups excluding carboxylic acids is 1. The summed E-state index contributed by atoms with van der Waals surface area (Å²) in [5.74, 6) is 1.32. The van der Waals surface area contributed by atoms with Crippen LogP contribution >= 0.6 is 23.4 Å². The lowest BCUT2D eigenvalue weighted by Crippen LogP contribution is -2.43. The molecule has 0 radical (unpaired) electrons. The molecule has 1 heterocycles. The first-order valence-electron chi connectivity index (χ1n) is 8.53. The van der Waals surface area contributed by atoms with Crippen molar-refractivity contribution in [2.75, 3.05) is 12.8 Å². The van der Waals surface area contributed by atoms with Crippen molar-refractivity contribution >= 4 is 29.3 Å². The van der Waals surface area contributed by atoms with Gasteiger partial charge in [0.1, 0.15) is 0 Å². The maximum absolute atomic E-state index is 12.5. The molecule has 0 spiro atoms. The molecule has 1 aliphatic rings. The number of carbonyl (C=O) groups is 1. The minimum absolute atomic E-state index is 0.0984. The molecular weight excluding hydrogens is 358 g/mol. The first-order chi connectivity index (χ1) is 12.1. The molecular formula is C18H22ClN3O2S. The molecule has 3 rings (SSSR count). The number of hydrogen-bond acceptors (Lipinski definition) is 5. The lowest BCUT2D eigenvalue weighted by molar-refractivity contribution is -0.130. The molecule has 134 valence electrons. The monoisotopic (exact) mass is 379 g/mol. The van der Waals surface area contributed by atoms with Gasteiger partial charge in [0.05, 0.1) is 16.3 Å². The highest BCUT2D eigenvalue weighted by Crippen LogP contribution is 2.30. The summed E-state index contributed by atoms with van der Waals surface area (Å²) in [5.41, 5.74) is 0.697. The van der Waals surface area contributed by atoms with Gasteiger partial charge in [-0.05, 0) is 30.9 Å². The van der Waals surface area contributed by atoms with Crippen LogP contribution in [0.25, 0.3) is 11.5 Å². The zero-order chi connectivity index (χ0) is 17.8. The van der Waals surface area contributed by atoms with Crippen LogP contribution < -0.4 is 0 Å². The lowest BCUT2D eigenvalue weighted by atomic mass is 9.85. The van der Waals surface area contributed by atoms with Crippen LogP contribution in [0.2, 0.25) is 5.02 Å². The third-order valence-electron chi connectivity index (χ3n) is 4.79. The Labute approximate surface area is 157 Å². The van der Waals surface area contributed by atoms with Crippen LogP contribution in [0.15, 0.2) is 33.9 Å². The summed E-state index contributed by atoms with van der Waals surface area (Å²) >= 11 is 7.41. The van der Waals surface area contributed by atoms with Gasteiger partial charge in [0.25, 0.3) is 5.22 Å². The Kier molecular flexibility index (Phi) is 6.02. The Morgan fingerprint density at radius 1 is 1.32 bits per heavy atom. The van der Waals surface area contributed by atoms with Crippen molar-refractivity contribution in [2.24, 2.45) is 5.92 Å². The Bertz CT molecular complexity index is 737. The quantitative estimate of drug-likeness (QED) is 0.715. The summed E-state index contributed by atoms with van der Waals surface area (Å²) in [7, 11) is 1.90. The van der Waals surface area contributed by atoms with E-state index in [0.717, 1.165) is 6.42 Å². The zero-order valence-corrected chi connectivity index (χ0v) is 16.0. The van der Waals surface area contributed by atoms with Gasteiger partial charge in [0, 0.05) is 13.1 Å². The predicted octanol–water partition coefficient (Wildman–Crippen LogP) is 4.52. The first kappa shape index (κ1) is 18.3. The van der Waals surface area contributed by atoms with E-state index >= 15 is 0 Å². The van der Waals surface area contributed by atoms with E-state index in [1.54, 1.807) is 6.07 Å². The van der Waals surface area contributed by atoms with Gasteiger partial charge < -0.3 is 9.32 Å². The van der Waals surface area contributed by atoms with Crippen molar-refractivity contribution in [2.45, 2.75) is 43.9 Å². The van der Waals surface area contributed by atoms with Crippen LogP contribution in [-0.2, 0) is 4.79 Å². The second-order valence-electron chi connectivity index (χ2n) is 6.48. The Morgan fingerprint density at radius 3 is 2.84 bits per heavy atom. The van der Waals surface area contributed by atoms with E-state index in [9.17, 15) is 4.79 Å². The fourth-order valence-electron chi connectivity index (χ4n) is 3.29.